The molecule has 0 spiro atoms. The van der Waals surface area contributed by atoms with Crippen LogP contribution in [0.1, 0.15) is 123 Å². The minimum absolute atomic E-state index is 0.204. The second-order valence-corrected chi connectivity index (χ2v) is 11.9. The van der Waals surface area contributed by atoms with Crippen LogP contribution in [0.4, 0.5) is 0 Å². The SMILES string of the molecule is CCC/C=C\CCCCCCCC(=O)NC(COC1OC(CO)C(O)C(O)C1O)C(O)/C=C/CC/C=C/CCCCCCC. The molecule has 0 aromatic heterocycles. The van der Waals surface area contributed by atoms with Gasteiger partial charge in [0.25, 0.3) is 0 Å². The largest absolute Gasteiger partial charge is 0.394 e. The van der Waals surface area contributed by atoms with Gasteiger partial charge in [0, 0.05) is 6.42 Å². The van der Waals surface area contributed by atoms with Crippen LogP contribution in [0, 0.1) is 0 Å². The van der Waals surface area contributed by atoms with E-state index in [0.29, 0.717) is 6.42 Å². The highest BCUT2D eigenvalue weighted by Gasteiger charge is 2.44. The van der Waals surface area contributed by atoms with Crippen molar-refractivity contribution in [1.82, 2.24) is 5.32 Å². The van der Waals surface area contributed by atoms with Crippen molar-refractivity contribution in [3.8, 4) is 0 Å². The molecule has 0 radical (unpaired) electrons. The van der Waals surface area contributed by atoms with Gasteiger partial charge in [0.05, 0.1) is 25.4 Å². The maximum atomic E-state index is 12.8. The first-order valence-corrected chi connectivity index (χ1v) is 17.2. The number of amides is 1. The van der Waals surface area contributed by atoms with Crippen LogP contribution in [-0.4, -0.2) is 87.5 Å². The molecule has 1 aliphatic heterocycles. The number of aliphatic hydroxyl groups is 5. The summed E-state index contributed by atoms with van der Waals surface area (Å²) in [4.78, 5) is 12.8. The number of unbranched alkanes of at least 4 members (excludes halogenated alkanes) is 12. The van der Waals surface area contributed by atoms with Gasteiger partial charge >= 0.3 is 0 Å². The summed E-state index contributed by atoms with van der Waals surface area (Å²) in [5.74, 6) is -0.204. The van der Waals surface area contributed by atoms with Gasteiger partial charge in [0.1, 0.15) is 24.4 Å². The Morgan fingerprint density at radius 3 is 2.00 bits per heavy atom. The van der Waals surface area contributed by atoms with Gasteiger partial charge in [-0.2, -0.15) is 0 Å². The highest BCUT2D eigenvalue weighted by Crippen LogP contribution is 2.22. The van der Waals surface area contributed by atoms with E-state index in [1.807, 2.05) is 6.08 Å². The number of allylic oxidation sites excluding steroid dienone is 5. The average molecular weight is 626 g/mol. The zero-order chi connectivity index (χ0) is 32.4. The first-order valence-electron chi connectivity index (χ1n) is 17.2. The number of carbonyl (C=O) groups is 1. The van der Waals surface area contributed by atoms with E-state index in [4.69, 9.17) is 9.47 Å². The molecule has 1 aliphatic rings. The molecule has 0 saturated carbocycles. The Morgan fingerprint density at radius 1 is 0.750 bits per heavy atom. The van der Waals surface area contributed by atoms with E-state index in [2.05, 4.69) is 43.5 Å². The van der Waals surface area contributed by atoms with Gasteiger partial charge in [-0.15, -0.1) is 0 Å². The number of hydrogen-bond donors (Lipinski definition) is 6. The number of rotatable bonds is 26. The average Bonchev–Trinajstić information content (AvgIpc) is 3.02. The Balaban J connectivity index is 2.57. The van der Waals surface area contributed by atoms with Gasteiger partial charge in [-0.05, 0) is 51.4 Å². The van der Waals surface area contributed by atoms with Crippen LogP contribution in [0.25, 0.3) is 0 Å². The normalized spacial score (nSPS) is 24.0. The molecule has 6 N–H and O–H groups in total. The van der Waals surface area contributed by atoms with Gasteiger partial charge in [0.2, 0.25) is 5.91 Å². The molecule has 9 heteroatoms. The summed E-state index contributed by atoms with van der Waals surface area (Å²) in [6.07, 6.45) is 22.0. The van der Waals surface area contributed by atoms with E-state index in [0.717, 1.165) is 64.2 Å². The predicted octanol–water partition coefficient (Wildman–Crippen LogP) is 4.99. The van der Waals surface area contributed by atoms with Crippen molar-refractivity contribution in [1.29, 1.82) is 0 Å². The lowest BCUT2D eigenvalue weighted by Gasteiger charge is -2.40. The standard InChI is InChI=1S/C35H63NO8/c1-3-5-7-9-11-13-15-16-18-20-22-24-29(38)28(27-43-35-34(42)33(41)32(40)30(26-37)44-35)36-31(39)25-23-21-19-17-14-12-10-8-6-4-2/h8,10,15-16,22,24,28-30,32-35,37-38,40-42H,3-7,9,11-14,17-21,23,25-27H2,1-2H3,(H,36,39)/b10-8-,16-15+,24-22+. The van der Waals surface area contributed by atoms with E-state index >= 15 is 0 Å². The van der Waals surface area contributed by atoms with Gasteiger partial charge in [-0.3, -0.25) is 4.79 Å². The monoisotopic (exact) mass is 625 g/mol. The number of aliphatic hydroxyl groups excluding tert-OH is 5. The highest BCUT2D eigenvalue weighted by molar-refractivity contribution is 5.76. The second-order valence-electron chi connectivity index (χ2n) is 11.9. The molecule has 9 nitrogen and oxygen atoms in total. The van der Waals surface area contributed by atoms with Crippen molar-refractivity contribution in [2.45, 2.75) is 166 Å². The third-order valence-electron chi connectivity index (χ3n) is 7.92. The summed E-state index contributed by atoms with van der Waals surface area (Å²) < 4.78 is 11.1. The molecule has 1 rings (SSSR count). The van der Waals surface area contributed by atoms with Crippen molar-refractivity contribution >= 4 is 5.91 Å². The van der Waals surface area contributed by atoms with Crippen molar-refractivity contribution < 1.29 is 39.8 Å². The van der Waals surface area contributed by atoms with Gasteiger partial charge < -0.3 is 40.3 Å². The lowest BCUT2D eigenvalue weighted by Crippen LogP contribution is -2.60. The minimum atomic E-state index is -1.57. The van der Waals surface area contributed by atoms with Gasteiger partial charge in [-0.1, -0.05) is 102 Å². The smallest absolute Gasteiger partial charge is 0.220 e. The predicted molar refractivity (Wildman–Crippen MR) is 175 cm³/mol. The summed E-state index contributed by atoms with van der Waals surface area (Å²) in [6, 6.07) is -0.820. The maximum absolute atomic E-state index is 12.8. The lowest BCUT2D eigenvalue weighted by atomic mass is 9.99. The lowest BCUT2D eigenvalue weighted by molar-refractivity contribution is -0.302. The Bertz CT molecular complexity index is 787. The highest BCUT2D eigenvalue weighted by atomic mass is 16.7. The molecule has 7 atom stereocenters. The van der Waals surface area contributed by atoms with Crippen molar-refractivity contribution in [2.24, 2.45) is 0 Å². The zero-order valence-electron chi connectivity index (χ0n) is 27.4. The zero-order valence-corrected chi connectivity index (χ0v) is 27.4. The fourth-order valence-corrected chi connectivity index (χ4v) is 5.05. The molecule has 256 valence electrons. The molecular formula is C35H63NO8. The van der Waals surface area contributed by atoms with Crippen LogP contribution in [0.15, 0.2) is 36.5 Å². The Morgan fingerprint density at radius 2 is 1.34 bits per heavy atom. The Hall–Kier alpha value is -1.59. The molecule has 1 amide bonds. The van der Waals surface area contributed by atoms with Crippen LogP contribution in [-0.2, 0) is 14.3 Å². The maximum Gasteiger partial charge on any atom is 0.220 e. The van der Waals surface area contributed by atoms with Crippen LogP contribution in [0.2, 0.25) is 0 Å². The first kappa shape index (κ1) is 40.4. The van der Waals surface area contributed by atoms with Crippen LogP contribution >= 0.6 is 0 Å². The van der Waals surface area contributed by atoms with E-state index in [9.17, 15) is 30.3 Å². The molecule has 0 aromatic carbocycles. The first-order chi connectivity index (χ1) is 21.3. The van der Waals surface area contributed by atoms with Crippen molar-refractivity contribution in [2.75, 3.05) is 13.2 Å². The molecule has 7 unspecified atom stereocenters. The second kappa shape index (κ2) is 26.6. The molecule has 1 saturated heterocycles. The molecule has 0 aliphatic carbocycles. The van der Waals surface area contributed by atoms with Gasteiger partial charge in [0.15, 0.2) is 6.29 Å². The summed E-state index contributed by atoms with van der Waals surface area (Å²) in [5.41, 5.74) is 0. The minimum Gasteiger partial charge on any atom is -0.394 e. The fourth-order valence-electron chi connectivity index (χ4n) is 5.05. The molecule has 44 heavy (non-hydrogen) atoms. The van der Waals surface area contributed by atoms with E-state index in [-0.39, 0.29) is 12.5 Å². The number of hydrogen-bond acceptors (Lipinski definition) is 8. The fraction of sp³-hybridized carbons (Fsp3) is 0.800. The topological polar surface area (TPSA) is 149 Å². The quantitative estimate of drug-likeness (QED) is 0.0582. The van der Waals surface area contributed by atoms with Crippen LogP contribution in [0.5, 0.6) is 0 Å². The third kappa shape index (κ3) is 18.4. The van der Waals surface area contributed by atoms with E-state index in [1.54, 1.807) is 6.08 Å². The molecule has 1 heterocycles. The summed E-state index contributed by atoms with van der Waals surface area (Å²) >= 11 is 0. The summed E-state index contributed by atoms with van der Waals surface area (Å²) in [7, 11) is 0. The van der Waals surface area contributed by atoms with Crippen LogP contribution in [0.3, 0.4) is 0 Å². The molecule has 0 bridgehead atoms. The summed E-state index contributed by atoms with van der Waals surface area (Å²) in [5, 5.41) is 53.6. The Labute approximate surface area is 266 Å². The third-order valence-corrected chi connectivity index (χ3v) is 7.92. The van der Waals surface area contributed by atoms with Crippen molar-refractivity contribution in [3.05, 3.63) is 36.5 Å². The van der Waals surface area contributed by atoms with E-state index in [1.165, 1.54) is 38.5 Å². The molecular weight excluding hydrogens is 562 g/mol. The van der Waals surface area contributed by atoms with Crippen LogP contribution < -0.4 is 5.32 Å². The number of carbonyl (C=O) groups excluding carboxylic acids is 1. The summed E-state index contributed by atoms with van der Waals surface area (Å²) in [6.45, 7) is 3.61. The molecule has 0 aromatic rings. The molecule has 1 fully saturated rings. The van der Waals surface area contributed by atoms with E-state index < -0.39 is 49.5 Å². The Kier molecular flexibility index (Phi) is 24.5. The van der Waals surface area contributed by atoms with Crippen molar-refractivity contribution in [3.63, 3.8) is 0 Å². The number of ether oxygens (including phenoxy) is 2. The number of nitrogens with one attached hydrogen (secondary N) is 1. The van der Waals surface area contributed by atoms with Gasteiger partial charge in [-0.25, -0.2) is 0 Å².